The number of carbonyl (C=O) groups excluding carboxylic acids is 1. The molecule has 130 valence electrons. The molecule has 0 spiro atoms. The molecular weight excluding hydrogens is 327 g/mol. The molecule has 8 heteroatoms. The number of hydrogen-bond donors (Lipinski definition) is 1. The summed E-state index contributed by atoms with van der Waals surface area (Å²) >= 11 is 0. The van der Waals surface area contributed by atoms with Crippen LogP contribution in [-0.2, 0) is 17.9 Å². The maximum atomic E-state index is 13.6. The van der Waals surface area contributed by atoms with Gasteiger partial charge >= 0.3 is 0 Å². The lowest BCUT2D eigenvalue weighted by molar-refractivity contribution is -0.117. The predicted molar refractivity (Wildman–Crippen MR) is 86.9 cm³/mol. The summed E-state index contributed by atoms with van der Waals surface area (Å²) in [6.07, 6.45) is 5.70. The molecule has 0 fully saturated rings. The standard InChI is InChI=1S/C17H17FN4O3/c1-12-2-3-13(4-16(12)18)21-17(23)7-22(5-14-8-24-10-19-14)6-15-9-25-11-20-15/h2-4,8-11H,5-7H2,1H3,(H,21,23). The normalized spacial score (nSPS) is 11.0. The zero-order chi connectivity index (χ0) is 17.6. The molecule has 1 N–H and O–H groups in total. The van der Waals surface area contributed by atoms with Crippen LogP contribution in [-0.4, -0.2) is 27.3 Å². The number of amides is 1. The van der Waals surface area contributed by atoms with Crippen molar-refractivity contribution in [2.45, 2.75) is 20.0 Å². The number of aromatic nitrogens is 2. The van der Waals surface area contributed by atoms with Gasteiger partial charge in [-0.05, 0) is 24.6 Å². The molecule has 0 atom stereocenters. The van der Waals surface area contributed by atoms with Crippen LogP contribution in [0.3, 0.4) is 0 Å². The highest BCUT2D eigenvalue weighted by molar-refractivity contribution is 5.92. The number of aryl methyl sites for hydroxylation is 1. The third-order valence-corrected chi connectivity index (χ3v) is 3.56. The summed E-state index contributed by atoms with van der Waals surface area (Å²) < 4.78 is 23.5. The molecule has 0 aliphatic heterocycles. The number of carbonyl (C=O) groups is 1. The van der Waals surface area contributed by atoms with Crippen LogP contribution in [0.1, 0.15) is 17.0 Å². The monoisotopic (exact) mass is 344 g/mol. The number of benzene rings is 1. The van der Waals surface area contributed by atoms with Crippen LogP contribution in [0.25, 0.3) is 0 Å². The Kier molecular flexibility index (Phi) is 5.20. The van der Waals surface area contributed by atoms with Crippen LogP contribution in [0.2, 0.25) is 0 Å². The second-order valence-electron chi connectivity index (χ2n) is 5.62. The molecule has 0 aliphatic carbocycles. The highest BCUT2D eigenvalue weighted by Gasteiger charge is 2.15. The van der Waals surface area contributed by atoms with Crippen LogP contribution >= 0.6 is 0 Å². The SMILES string of the molecule is Cc1ccc(NC(=O)CN(Cc2cocn2)Cc2cocn2)cc1F. The van der Waals surface area contributed by atoms with E-state index in [0.29, 0.717) is 35.7 Å². The number of oxazole rings is 2. The lowest BCUT2D eigenvalue weighted by atomic mass is 10.2. The first-order valence-corrected chi connectivity index (χ1v) is 7.62. The van der Waals surface area contributed by atoms with Gasteiger partial charge in [0.2, 0.25) is 5.91 Å². The van der Waals surface area contributed by atoms with Crippen molar-refractivity contribution in [1.29, 1.82) is 0 Å². The van der Waals surface area contributed by atoms with Gasteiger partial charge in [0.15, 0.2) is 12.8 Å². The lowest BCUT2D eigenvalue weighted by Gasteiger charge is -2.19. The van der Waals surface area contributed by atoms with Gasteiger partial charge in [0.25, 0.3) is 0 Å². The molecule has 1 aromatic carbocycles. The average Bonchev–Trinajstić information content (AvgIpc) is 3.25. The Morgan fingerprint density at radius 1 is 1.16 bits per heavy atom. The fourth-order valence-corrected chi connectivity index (χ4v) is 2.33. The highest BCUT2D eigenvalue weighted by Crippen LogP contribution is 2.14. The van der Waals surface area contributed by atoms with Gasteiger partial charge in [0.1, 0.15) is 18.3 Å². The topological polar surface area (TPSA) is 84.4 Å². The largest absolute Gasteiger partial charge is 0.451 e. The first-order valence-electron chi connectivity index (χ1n) is 7.62. The Bertz CT molecular complexity index is 782. The molecule has 0 unspecified atom stereocenters. The third kappa shape index (κ3) is 4.74. The Hall–Kier alpha value is -3.00. The molecule has 7 nitrogen and oxygen atoms in total. The smallest absolute Gasteiger partial charge is 0.238 e. The van der Waals surface area contributed by atoms with Crippen molar-refractivity contribution in [3.8, 4) is 0 Å². The quantitative estimate of drug-likeness (QED) is 0.709. The van der Waals surface area contributed by atoms with Crippen molar-refractivity contribution < 1.29 is 18.0 Å². The van der Waals surface area contributed by atoms with Crippen LogP contribution < -0.4 is 5.32 Å². The minimum absolute atomic E-state index is 0.0786. The van der Waals surface area contributed by atoms with Crippen LogP contribution in [0, 0.1) is 12.7 Å². The van der Waals surface area contributed by atoms with Gasteiger partial charge in [0, 0.05) is 18.8 Å². The zero-order valence-electron chi connectivity index (χ0n) is 13.6. The van der Waals surface area contributed by atoms with Gasteiger partial charge < -0.3 is 14.2 Å². The van der Waals surface area contributed by atoms with Gasteiger partial charge in [-0.1, -0.05) is 6.07 Å². The van der Waals surface area contributed by atoms with Gasteiger partial charge in [-0.2, -0.15) is 0 Å². The van der Waals surface area contributed by atoms with Gasteiger partial charge in [-0.3, -0.25) is 9.69 Å². The van der Waals surface area contributed by atoms with Gasteiger partial charge in [-0.25, -0.2) is 14.4 Å². The number of nitrogens with one attached hydrogen (secondary N) is 1. The van der Waals surface area contributed by atoms with Crippen molar-refractivity contribution >= 4 is 11.6 Å². The second kappa shape index (κ2) is 7.71. The molecule has 0 aliphatic rings. The molecule has 0 radical (unpaired) electrons. The Labute approximate surface area is 143 Å². The second-order valence-corrected chi connectivity index (χ2v) is 5.62. The third-order valence-electron chi connectivity index (χ3n) is 3.56. The van der Waals surface area contributed by atoms with E-state index < -0.39 is 0 Å². The van der Waals surface area contributed by atoms with E-state index in [2.05, 4.69) is 15.3 Å². The maximum absolute atomic E-state index is 13.6. The predicted octanol–water partition coefficient (Wildman–Crippen LogP) is 2.75. The fraction of sp³-hybridized carbons (Fsp3) is 0.235. The summed E-state index contributed by atoms with van der Waals surface area (Å²) in [5, 5.41) is 2.69. The van der Waals surface area contributed by atoms with Crippen molar-refractivity contribution in [1.82, 2.24) is 14.9 Å². The molecule has 3 aromatic rings. The summed E-state index contributed by atoms with van der Waals surface area (Å²) in [6, 6.07) is 4.58. The molecule has 2 aromatic heterocycles. The average molecular weight is 344 g/mol. The molecular formula is C17H17FN4O3. The van der Waals surface area contributed by atoms with E-state index in [1.54, 1.807) is 19.1 Å². The lowest BCUT2D eigenvalue weighted by Crippen LogP contribution is -2.32. The first kappa shape index (κ1) is 16.8. The molecule has 0 saturated carbocycles. The number of anilines is 1. The highest BCUT2D eigenvalue weighted by atomic mass is 19.1. The van der Waals surface area contributed by atoms with E-state index in [9.17, 15) is 9.18 Å². The minimum Gasteiger partial charge on any atom is -0.451 e. The first-order chi connectivity index (χ1) is 12.1. The summed E-state index contributed by atoms with van der Waals surface area (Å²) in [6.45, 7) is 2.55. The van der Waals surface area contributed by atoms with E-state index in [1.165, 1.54) is 31.4 Å². The fourth-order valence-electron chi connectivity index (χ4n) is 2.33. The molecule has 0 saturated heterocycles. The summed E-state index contributed by atoms with van der Waals surface area (Å²) in [5.74, 6) is -0.630. The van der Waals surface area contributed by atoms with Crippen molar-refractivity contribution in [3.63, 3.8) is 0 Å². The number of nitrogens with zero attached hydrogens (tertiary/aromatic N) is 3. The summed E-state index contributed by atoms with van der Waals surface area (Å²) in [4.78, 5) is 22.3. The summed E-state index contributed by atoms with van der Waals surface area (Å²) in [5.41, 5.74) is 2.32. The molecule has 2 heterocycles. The molecule has 3 rings (SSSR count). The van der Waals surface area contributed by atoms with Crippen LogP contribution in [0.15, 0.2) is 52.3 Å². The van der Waals surface area contributed by atoms with E-state index in [-0.39, 0.29) is 18.3 Å². The van der Waals surface area contributed by atoms with Crippen molar-refractivity contribution in [2.75, 3.05) is 11.9 Å². The zero-order valence-corrected chi connectivity index (χ0v) is 13.6. The summed E-state index contributed by atoms with van der Waals surface area (Å²) in [7, 11) is 0. The van der Waals surface area contributed by atoms with Gasteiger partial charge in [0.05, 0.1) is 17.9 Å². The van der Waals surface area contributed by atoms with Crippen LogP contribution in [0.4, 0.5) is 10.1 Å². The number of halogens is 1. The van der Waals surface area contributed by atoms with Crippen molar-refractivity contribution in [3.05, 3.63) is 66.3 Å². The molecule has 25 heavy (non-hydrogen) atoms. The van der Waals surface area contributed by atoms with E-state index in [1.807, 2.05) is 4.90 Å². The number of rotatable bonds is 7. The van der Waals surface area contributed by atoms with E-state index in [4.69, 9.17) is 8.83 Å². The minimum atomic E-state index is -0.361. The van der Waals surface area contributed by atoms with Gasteiger partial charge in [-0.15, -0.1) is 0 Å². The van der Waals surface area contributed by atoms with E-state index in [0.717, 1.165) is 0 Å². The van der Waals surface area contributed by atoms with Crippen LogP contribution in [0.5, 0.6) is 0 Å². The Morgan fingerprint density at radius 2 is 1.80 bits per heavy atom. The molecule has 1 amide bonds. The molecule has 0 bridgehead atoms. The Balaban J connectivity index is 1.65. The van der Waals surface area contributed by atoms with Crippen molar-refractivity contribution in [2.24, 2.45) is 0 Å². The Morgan fingerprint density at radius 3 is 2.32 bits per heavy atom. The maximum Gasteiger partial charge on any atom is 0.238 e. The number of hydrogen-bond acceptors (Lipinski definition) is 6. The van der Waals surface area contributed by atoms with E-state index >= 15 is 0 Å².